The van der Waals surface area contributed by atoms with Crippen molar-refractivity contribution >= 4 is 23.5 Å². The maximum Gasteiger partial charge on any atom is 0.388 e. The van der Waals surface area contributed by atoms with Crippen LogP contribution in [0.3, 0.4) is 0 Å². The second kappa shape index (κ2) is 11.4. The molecule has 0 spiro atoms. The summed E-state index contributed by atoms with van der Waals surface area (Å²) >= 11 is 0. The highest BCUT2D eigenvalue weighted by Gasteiger charge is 2.55. The fraction of sp³-hybridized carbons (Fsp3) is 0.462. The lowest BCUT2D eigenvalue weighted by atomic mass is 9.69. The molecule has 0 bridgehead atoms. The number of esters is 1. The lowest BCUT2D eigenvalue weighted by Crippen LogP contribution is -2.67. The standard InChI is InChI=1S/C26H29F4N3O5/c1-5-37-23(36)26(29,30)12-20(34)33-13-25(14-33,18-9-7-6-8-17(18)15(2)3)22(35)32-19-11-10-16(4)31-21(19)38-24(27)28/h6-11,15,24H,5,12-14H2,1-4H3,(H,32,35). The van der Waals surface area contributed by atoms with Crippen molar-refractivity contribution in [1.82, 2.24) is 9.88 Å². The van der Waals surface area contributed by atoms with Crippen LogP contribution in [0.25, 0.3) is 0 Å². The second-order valence-corrected chi connectivity index (χ2v) is 9.31. The minimum absolute atomic E-state index is 0.0347. The molecule has 2 amide bonds. The van der Waals surface area contributed by atoms with E-state index in [9.17, 15) is 31.9 Å². The molecule has 1 aliphatic rings. The van der Waals surface area contributed by atoms with Crippen LogP contribution in [0, 0.1) is 6.92 Å². The van der Waals surface area contributed by atoms with Gasteiger partial charge < -0.3 is 19.7 Å². The smallest absolute Gasteiger partial charge is 0.388 e. The van der Waals surface area contributed by atoms with Crippen LogP contribution in [0.1, 0.15) is 49.9 Å². The summed E-state index contributed by atoms with van der Waals surface area (Å²) in [5, 5.41) is 2.57. The maximum absolute atomic E-state index is 14.2. The number of pyridine rings is 1. The number of carbonyl (C=O) groups is 3. The first-order chi connectivity index (χ1) is 17.8. The summed E-state index contributed by atoms with van der Waals surface area (Å²) in [7, 11) is 0. The largest absolute Gasteiger partial charge is 0.462 e. The highest BCUT2D eigenvalue weighted by molar-refractivity contribution is 6.03. The number of nitrogens with one attached hydrogen (secondary N) is 1. The molecular formula is C26H29F4N3O5. The van der Waals surface area contributed by atoms with E-state index in [1.807, 2.05) is 19.9 Å². The molecule has 0 atom stereocenters. The van der Waals surface area contributed by atoms with Crippen molar-refractivity contribution in [3.8, 4) is 5.88 Å². The number of aryl methyl sites for hydroxylation is 1. The molecule has 8 nitrogen and oxygen atoms in total. The van der Waals surface area contributed by atoms with Crippen LogP contribution < -0.4 is 10.1 Å². The molecule has 2 heterocycles. The van der Waals surface area contributed by atoms with E-state index in [2.05, 4.69) is 19.8 Å². The molecule has 38 heavy (non-hydrogen) atoms. The summed E-state index contributed by atoms with van der Waals surface area (Å²) in [6.07, 6.45) is -1.41. The van der Waals surface area contributed by atoms with E-state index in [1.54, 1.807) is 25.1 Å². The van der Waals surface area contributed by atoms with Crippen molar-refractivity contribution in [2.45, 2.75) is 58.0 Å². The monoisotopic (exact) mass is 539 g/mol. The lowest BCUT2D eigenvalue weighted by molar-refractivity contribution is -0.177. The number of hydrogen-bond acceptors (Lipinski definition) is 6. The van der Waals surface area contributed by atoms with E-state index >= 15 is 0 Å². The first-order valence-electron chi connectivity index (χ1n) is 12.0. The number of alkyl halides is 4. The second-order valence-electron chi connectivity index (χ2n) is 9.31. The number of nitrogens with zero attached hydrogens (tertiary/aromatic N) is 2. The maximum atomic E-state index is 14.2. The van der Waals surface area contributed by atoms with Gasteiger partial charge in [-0.05, 0) is 43.0 Å². The van der Waals surface area contributed by atoms with Crippen molar-refractivity contribution in [2.24, 2.45) is 0 Å². The van der Waals surface area contributed by atoms with Crippen LogP contribution >= 0.6 is 0 Å². The average molecular weight is 540 g/mol. The predicted octanol–water partition coefficient (Wildman–Crippen LogP) is 4.42. The zero-order valence-electron chi connectivity index (χ0n) is 21.4. The minimum atomic E-state index is -4.03. The topological polar surface area (TPSA) is 97.8 Å². The average Bonchev–Trinajstić information content (AvgIpc) is 2.80. The number of rotatable bonds is 10. The molecule has 3 rings (SSSR count). The van der Waals surface area contributed by atoms with Gasteiger partial charge in [0.05, 0.1) is 6.61 Å². The lowest BCUT2D eigenvalue weighted by Gasteiger charge is -2.50. The highest BCUT2D eigenvalue weighted by Crippen LogP contribution is 2.41. The number of hydrogen-bond donors (Lipinski definition) is 1. The molecule has 1 aromatic heterocycles. The third-order valence-electron chi connectivity index (χ3n) is 6.20. The Morgan fingerprint density at radius 2 is 1.79 bits per heavy atom. The van der Waals surface area contributed by atoms with Crippen LogP contribution in [0.15, 0.2) is 36.4 Å². The number of anilines is 1. The fourth-order valence-electron chi connectivity index (χ4n) is 4.31. The van der Waals surface area contributed by atoms with E-state index in [-0.39, 0.29) is 31.3 Å². The summed E-state index contributed by atoms with van der Waals surface area (Å²) in [5.74, 6) is -8.04. The Morgan fingerprint density at radius 3 is 2.39 bits per heavy atom. The molecular weight excluding hydrogens is 510 g/mol. The molecule has 0 aliphatic carbocycles. The Labute approximate surface area is 217 Å². The third kappa shape index (κ3) is 6.05. The number of carbonyl (C=O) groups excluding carboxylic acids is 3. The summed E-state index contributed by atoms with van der Waals surface area (Å²) in [6.45, 7) is 2.74. The van der Waals surface area contributed by atoms with Gasteiger partial charge in [0.25, 0.3) is 0 Å². The normalized spacial score (nSPS) is 14.7. The SMILES string of the molecule is CCOC(=O)C(F)(F)CC(=O)N1CC(C(=O)Nc2ccc(C)nc2OC(F)F)(c2ccccc2C(C)C)C1. The summed E-state index contributed by atoms with van der Waals surface area (Å²) in [6, 6.07) is 9.86. The first kappa shape index (κ1) is 28.9. The number of likely N-dealkylation sites (tertiary alicyclic amines) is 1. The van der Waals surface area contributed by atoms with Gasteiger partial charge in [0.15, 0.2) is 0 Å². The number of benzene rings is 1. The Bertz CT molecular complexity index is 1200. The Hall–Kier alpha value is -3.70. The van der Waals surface area contributed by atoms with Crippen LogP contribution in [0.4, 0.5) is 23.2 Å². The predicted molar refractivity (Wildman–Crippen MR) is 129 cm³/mol. The number of ether oxygens (including phenoxy) is 2. The Kier molecular flexibility index (Phi) is 8.63. The van der Waals surface area contributed by atoms with Gasteiger partial charge in [-0.25, -0.2) is 9.78 Å². The van der Waals surface area contributed by atoms with E-state index in [0.717, 1.165) is 10.5 Å². The summed E-state index contributed by atoms with van der Waals surface area (Å²) in [5.41, 5.74) is 0.230. The van der Waals surface area contributed by atoms with E-state index < -0.39 is 48.0 Å². The molecule has 0 unspecified atom stereocenters. The molecule has 1 aliphatic heterocycles. The van der Waals surface area contributed by atoms with E-state index in [4.69, 9.17) is 0 Å². The van der Waals surface area contributed by atoms with Crippen molar-refractivity contribution < 1.29 is 41.4 Å². The van der Waals surface area contributed by atoms with Crippen LogP contribution in [-0.2, 0) is 24.5 Å². The summed E-state index contributed by atoms with van der Waals surface area (Å²) in [4.78, 5) is 42.9. The van der Waals surface area contributed by atoms with Crippen molar-refractivity contribution in [3.63, 3.8) is 0 Å². The fourth-order valence-corrected chi connectivity index (χ4v) is 4.31. The van der Waals surface area contributed by atoms with Crippen molar-refractivity contribution in [1.29, 1.82) is 0 Å². The van der Waals surface area contributed by atoms with Gasteiger partial charge in [0, 0.05) is 18.8 Å². The number of amides is 2. The highest BCUT2D eigenvalue weighted by atomic mass is 19.3. The zero-order valence-corrected chi connectivity index (χ0v) is 21.4. The van der Waals surface area contributed by atoms with Gasteiger partial charge in [-0.3, -0.25) is 9.59 Å². The number of aromatic nitrogens is 1. The third-order valence-corrected chi connectivity index (χ3v) is 6.20. The van der Waals surface area contributed by atoms with Crippen molar-refractivity contribution in [3.05, 3.63) is 53.2 Å². The van der Waals surface area contributed by atoms with Crippen LogP contribution in [-0.4, -0.2) is 59.9 Å². The summed E-state index contributed by atoms with van der Waals surface area (Å²) < 4.78 is 63.1. The van der Waals surface area contributed by atoms with Crippen LogP contribution in [0.2, 0.25) is 0 Å². The zero-order chi connectivity index (χ0) is 28.3. The molecule has 1 saturated heterocycles. The quantitative estimate of drug-likeness (QED) is 0.355. The Morgan fingerprint density at radius 1 is 1.13 bits per heavy atom. The van der Waals surface area contributed by atoms with Crippen molar-refractivity contribution in [2.75, 3.05) is 25.0 Å². The first-order valence-corrected chi connectivity index (χ1v) is 12.0. The molecule has 206 valence electrons. The van der Waals surface area contributed by atoms with Gasteiger partial charge in [-0.15, -0.1) is 0 Å². The molecule has 1 fully saturated rings. The Balaban J connectivity index is 1.93. The van der Waals surface area contributed by atoms with E-state index in [0.29, 0.717) is 11.3 Å². The van der Waals surface area contributed by atoms with Gasteiger partial charge in [0.1, 0.15) is 17.5 Å². The van der Waals surface area contributed by atoms with E-state index in [1.165, 1.54) is 19.1 Å². The van der Waals surface area contributed by atoms with Crippen LogP contribution in [0.5, 0.6) is 5.88 Å². The minimum Gasteiger partial charge on any atom is -0.462 e. The van der Waals surface area contributed by atoms with Gasteiger partial charge in [0.2, 0.25) is 17.7 Å². The molecule has 2 aromatic rings. The van der Waals surface area contributed by atoms with Gasteiger partial charge in [-0.2, -0.15) is 17.6 Å². The molecule has 0 saturated carbocycles. The molecule has 12 heteroatoms. The molecule has 1 aromatic carbocycles. The number of halogens is 4. The van der Waals surface area contributed by atoms with Gasteiger partial charge in [-0.1, -0.05) is 38.1 Å². The molecule has 0 radical (unpaired) electrons. The van der Waals surface area contributed by atoms with Gasteiger partial charge >= 0.3 is 18.5 Å². The molecule has 1 N–H and O–H groups in total.